The van der Waals surface area contributed by atoms with E-state index in [0.717, 1.165) is 18.6 Å². The molecule has 0 radical (unpaired) electrons. The summed E-state index contributed by atoms with van der Waals surface area (Å²) in [5, 5.41) is 3.50. The smallest absolute Gasteiger partial charge is 0.0561 e. The van der Waals surface area contributed by atoms with E-state index in [0.29, 0.717) is 6.10 Å². The fourth-order valence-electron chi connectivity index (χ4n) is 3.01. The lowest BCUT2D eigenvalue weighted by Crippen LogP contribution is -2.44. The van der Waals surface area contributed by atoms with Crippen LogP contribution in [0.5, 0.6) is 0 Å². The Labute approximate surface area is 99.5 Å². The van der Waals surface area contributed by atoms with E-state index in [4.69, 9.17) is 4.74 Å². The van der Waals surface area contributed by atoms with Gasteiger partial charge < -0.3 is 15.0 Å². The molecule has 3 atom stereocenters. The van der Waals surface area contributed by atoms with Gasteiger partial charge in [-0.3, -0.25) is 0 Å². The summed E-state index contributed by atoms with van der Waals surface area (Å²) in [5.74, 6) is 0.858. The van der Waals surface area contributed by atoms with Gasteiger partial charge in [-0.2, -0.15) is 0 Å². The molecule has 2 saturated heterocycles. The number of rotatable bonds is 3. The summed E-state index contributed by atoms with van der Waals surface area (Å²) < 4.78 is 5.61. The highest BCUT2D eigenvalue weighted by atomic mass is 16.5. The van der Waals surface area contributed by atoms with Crippen molar-refractivity contribution < 1.29 is 4.74 Å². The maximum atomic E-state index is 5.61. The number of ether oxygens (including phenoxy) is 1. The summed E-state index contributed by atoms with van der Waals surface area (Å²) in [5.41, 5.74) is 0. The molecule has 16 heavy (non-hydrogen) atoms. The number of nitrogens with zero attached hydrogens (tertiary/aromatic N) is 1. The molecule has 94 valence electrons. The molecule has 3 nitrogen and oxygen atoms in total. The van der Waals surface area contributed by atoms with Crippen LogP contribution in [0.1, 0.15) is 32.6 Å². The standard InChI is InChI=1S/C13H26N2O/c1-11-8-13(5-7-16-11)15(2)10-12-4-3-6-14-9-12/h11-14H,3-10H2,1-2H3. The van der Waals surface area contributed by atoms with Crippen molar-refractivity contribution in [1.29, 1.82) is 0 Å². The van der Waals surface area contributed by atoms with Gasteiger partial charge in [0.05, 0.1) is 6.10 Å². The molecule has 3 unspecified atom stereocenters. The quantitative estimate of drug-likeness (QED) is 0.789. The Bertz CT molecular complexity index is 204. The van der Waals surface area contributed by atoms with Crippen LogP contribution in [0.3, 0.4) is 0 Å². The molecule has 1 N–H and O–H groups in total. The molecule has 0 amide bonds. The predicted octanol–water partition coefficient (Wildman–Crippen LogP) is 1.49. The van der Waals surface area contributed by atoms with E-state index < -0.39 is 0 Å². The van der Waals surface area contributed by atoms with Crippen LogP contribution < -0.4 is 5.32 Å². The second-order valence-electron chi connectivity index (χ2n) is 5.51. The topological polar surface area (TPSA) is 24.5 Å². The van der Waals surface area contributed by atoms with Crippen molar-refractivity contribution in [2.75, 3.05) is 33.3 Å². The van der Waals surface area contributed by atoms with Gasteiger partial charge in [0.15, 0.2) is 0 Å². The van der Waals surface area contributed by atoms with Crippen LogP contribution in [0, 0.1) is 5.92 Å². The molecule has 2 aliphatic rings. The molecule has 2 rings (SSSR count). The fraction of sp³-hybridized carbons (Fsp3) is 1.00. The third kappa shape index (κ3) is 3.44. The number of nitrogens with one attached hydrogen (secondary N) is 1. The van der Waals surface area contributed by atoms with Crippen molar-refractivity contribution in [3.63, 3.8) is 0 Å². The lowest BCUT2D eigenvalue weighted by atomic mass is 9.96. The van der Waals surface area contributed by atoms with Crippen LogP contribution >= 0.6 is 0 Å². The number of hydrogen-bond donors (Lipinski definition) is 1. The average Bonchev–Trinajstić information content (AvgIpc) is 2.30. The van der Waals surface area contributed by atoms with E-state index in [1.54, 1.807) is 0 Å². The van der Waals surface area contributed by atoms with E-state index in [1.165, 1.54) is 45.3 Å². The van der Waals surface area contributed by atoms with Crippen molar-refractivity contribution >= 4 is 0 Å². The molecule has 0 spiro atoms. The van der Waals surface area contributed by atoms with Gasteiger partial charge in [-0.1, -0.05) is 0 Å². The maximum absolute atomic E-state index is 5.61. The zero-order valence-corrected chi connectivity index (χ0v) is 10.7. The molecular formula is C13H26N2O. The minimum atomic E-state index is 0.450. The van der Waals surface area contributed by atoms with Crippen molar-refractivity contribution in [1.82, 2.24) is 10.2 Å². The minimum absolute atomic E-state index is 0.450. The van der Waals surface area contributed by atoms with Gasteiger partial charge in [-0.05, 0) is 58.7 Å². The summed E-state index contributed by atoms with van der Waals surface area (Å²) in [6, 6.07) is 0.741. The van der Waals surface area contributed by atoms with Crippen LogP contribution in [0.4, 0.5) is 0 Å². The van der Waals surface area contributed by atoms with Crippen molar-refractivity contribution in [3.8, 4) is 0 Å². The summed E-state index contributed by atoms with van der Waals surface area (Å²) >= 11 is 0. The van der Waals surface area contributed by atoms with Crippen molar-refractivity contribution in [3.05, 3.63) is 0 Å². The third-order valence-electron chi connectivity index (χ3n) is 4.03. The van der Waals surface area contributed by atoms with E-state index in [-0.39, 0.29) is 0 Å². The molecule has 0 aromatic heterocycles. The Hall–Kier alpha value is -0.120. The van der Waals surface area contributed by atoms with Crippen LogP contribution in [0.2, 0.25) is 0 Å². The lowest BCUT2D eigenvalue weighted by molar-refractivity contribution is -0.0149. The van der Waals surface area contributed by atoms with E-state index in [2.05, 4.69) is 24.2 Å². The first-order valence-corrected chi connectivity index (χ1v) is 6.78. The monoisotopic (exact) mass is 226 g/mol. The normalized spacial score (nSPS) is 36.6. The Balaban J connectivity index is 1.75. The van der Waals surface area contributed by atoms with Gasteiger partial charge in [0, 0.05) is 19.2 Å². The Morgan fingerprint density at radius 2 is 2.25 bits per heavy atom. The highest BCUT2D eigenvalue weighted by molar-refractivity contribution is 4.79. The minimum Gasteiger partial charge on any atom is -0.378 e. The van der Waals surface area contributed by atoms with Crippen molar-refractivity contribution in [2.45, 2.75) is 44.8 Å². The molecule has 0 aromatic rings. The molecule has 2 aliphatic heterocycles. The largest absolute Gasteiger partial charge is 0.378 e. The molecule has 3 heteroatoms. The second-order valence-corrected chi connectivity index (χ2v) is 5.51. The predicted molar refractivity (Wildman–Crippen MR) is 66.7 cm³/mol. The highest BCUT2D eigenvalue weighted by Gasteiger charge is 2.25. The van der Waals surface area contributed by atoms with Crippen LogP contribution in [0.25, 0.3) is 0 Å². The van der Waals surface area contributed by atoms with E-state index >= 15 is 0 Å². The molecule has 0 aliphatic carbocycles. The first kappa shape index (κ1) is 12.3. The van der Waals surface area contributed by atoms with Gasteiger partial charge in [0.2, 0.25) is 0 Å². The summed E-state index contributed by atoms with van der Waals surface area (Å²) in [4.78, 5) is 2.57. The van der Waals surface area contributed by atoms with E-state index in [1.807, 2.05) is 0 Å². The van der Waals surface area contributed by atoms with Gasteiger partial charge in [-0.15, -0.1) is 0 Å². The van der Waals surface area contributed by atoms with E-state index in [9.17, 15) is 0 Å². The summed E-state index contributed by atoms with van der Waals surface area (Å²) in [6.45, 7) is 6.82. The molecule has 2 heterocycles. The average molecular weight is 226 g/mol. The fourth-order valence-corrected chi connectivity index (χ4v) is 3.01. The number of hydrogen-bond acceptors (Lipinski definition) is 3. The van der Waals surface area contributed by atoms with Gasteiger partial charge in [-0.25, -0.2) is 0 Å². The SMILES string of the molecule is CC1CC(N(C)CC2CCCNC2)CCO1. The van der Waals surface area contributed by atoms with Gasteiger partial charge in [0.25, 0.3) is 0 Å². The molecule has 0 aromatic carbocycles. The van der Waals surface area contributed by atoms with Crippen LogP contribution in [-0.4, -0.2) is 50.3 Å². The zero-order chi connectivity index (χ0) is 11.4. The maximum Gasteiger partial charge on any atom is 0.0561 e. The zero-order valence-electron chi connectivity index (χ0n) is 10.7. The first-order valence-electron chi connectivity index (χ1n) is 6.78. The summed E-state index contributed by atoms with van der Waals surface area (Å²) in [6.07, 6.45) is 5.61. The lowest BCUT2D eigenvalue weighted by Gasteiger charge is -2.37. The Kier molecular flexibility index (Phi) is 4.62. The Morgan fingerprint density at radius 3 is 2.94 bits per heavy atom. The van der Waals surface area contributed by atoms with Crippen LogP contribution in [0.15, 0.2) is 0 Å². The number of piperidine rings is 1. The van der Waals surface area contributed by atoms with Crippen molar-refractivity contribution in [2.24, 2.45) is 5.92 Å². The molecular weight excluding hydrogens is 200 g/mol. The molecule has 2 fully saturated rings. The van der Waals surface area contributed by atoms with Crippen LogP contribution in [-0.2, 0) is 4.74 Å². The second kappa shape index (κ2) is 5.99. The molecule has 0 bridgehead atoms. The summed E-state index contributed by atoms with van der Waals surface area (Å²) in [7, 11) is 2.29. The highest BCUT2D eigenvalue weighted by Crippen LogP contribution is 2.20. The molecule has 0 saturated carbocycles. The Morgan fingerprint density at radius 1 is 1.38 bits per heavy atom. The first-order chi connectivity index (χ1) is 7.75. The third-order valence-corrected chi connectivity index (χ3v) is 4.03. The van der Waals surface area contributed by atoms with Gasteiger partial charge in [0.1, 0.15) is 0 Å². The van der Waals surface area contributed by atoms with Gasteiger partial charge >= 0.3 is 0 Å².